The quantitative estimate of drug-likeness (QED) is 0.774. The summed E-state index contributed by atoms with van der Waals surface area (Å²) in [5.74, 6) is 1.16. The van der Waals surface area contributed by atoms with Crippen molar-refractivity contribution in [3.05, 3.63) is 0 Å². The second-order valence-electron chi connectivity index (χ2n) is 5.64. The van der Waals surface area contributed by atoms with Crippen LogP contribution in [0.5, 0.6) is 0 Å². The van der Waals surface area contributed by atoms with E-state index in [1.54, 1.807) is 0 Å². The molecule has 1 N–H and O–H groups in total. The summed E-state index contributed by atoms with van der Waals surface area (Å²) in [6.45, 7) is 11.6. The maximum absolute atomic E-state index is 11.9. The van der Waals surface area contributed by atoms with Crippen LogP contribution >= 0.6 is 0 Å². The molecule has 0 bridgehead atoms. The number of hydrogen-bond acceptors (Lipinski definition) is 3. The summed E-state index contributed by atoms with van der Waals surface area (Å²) in [5, 5.41) is 3.38. The Bertz CT molecular complexity index is 261. The molecular weight excluding hydrogens is 214 g/mol. The minimum Gasteiger partial charge on any atom is -0.342 e. The molecule has 2 saturated heterocycles. The van der Waals surface area contributed by atoms with E-state index < -0.39 is 0 Å². The summed E-state index contributed by atoms with van der Waals surface area (Å²) >= 11 is 0. The Balaban J connectivity index is 1.75. The first-order valence-electron chi connectivity index (χ1n) is 6.88. The molecule has 1 unspecified atom stereocenters. The van der Waals surface area contributed by atoms with Crippen molar-refractivity contribution in [3.8, 4) is 0 Å². The predicted molar refractivity (Wildman–Crippen MR) is 68.8 cm³/mol. The fourth-order valence-corrected chi connectivity index (χ4v) is 2.81. The van der Waals surface area contributed by atoms with Gasteiger partial charge in [-0.15, -0.1) is 0 Å². The number of nitrogens with one attached hydrogen (secondary N) is 1. The third kappa shape index (κ3) is 3.42. The van der Waals surface area contributed by atoms with Gasteiger partial charge in [0.25, 0.3) is 0 Å². The first-order valence-corrected chi connectivity index (χ1v) is 6.88. The van der Waals surface area contributed by atoms with E-state index in [0.29, 0.717) is 11.8 Å². The predicted octanol–water partition coefficient (Wildman–Crippen LogP) is 0.396. The highest BCUT2D eigenvalue weighted by Gasteiger charge is 2.28. The van der Waals surface area contributed by atoms with E-state index in [-0.39, 0.29) is 5.92 Å². The molecule has 2 aliphatic heterocycles. The van der Waals surface area contributed by atoms with Gasteiger partial charge < -0.3 is 15.1 Å². The van der Waals surface area contributed by atoms with Gasteiger partial charge in [-0.3, -0.25) is 4.79 Å². The highest BCUT2D eigenvalue weighted by atomic mass is 16.2. The van der Waals surface area contributed by atoms with Crippen molar-refractivity contribution in [2.45, 2.75) is 20.3 Å². The summed E-state index contributed by atoms with van der Waals surface area (Å²) in [5.41, 5.74) is 0. The van der Waals surface area contributed by atoms with Gasteiger partial charge in [0, 0.05) is 51.7 Å². The number of likely N-dealkylation sites (tertiary alicyclic amines) is 1. The van der Waals surface area contributed by atoms with Crippen molar-refractivity contribution in [2.75, 3.05) is 45.8 Å². The zero-order chi connectivity index (χ0) is 12.3. The fraction of sp³-hybridized carbons (Fsp3) is 0.923. The van der Waals surface area contributed by atoms with Crippen molar-refractivity contribution in [1.82, 2.24) is 15.1 Å². The number of nitrogens with zero attached hydrogens (tertiary/aromatic N) is 2. The Kier molecular flexibility index (Phi) is 4.40. The topological polar surface area (TPSA) is 35.6 Å². The van der Waals surface area contributed by atoms with E-state index in [4.69, 9.17) is 0 Å². The molecule has 0 radical (unpaired) electrons. The zero-order valence-corrected chi connectivity index (χ0v) is 11.1. The third-order valence-electron chi connectivity index (χ3n) is 3.82. The molecule has 98 valence electrons. The minimum atomic E-state index is 0.146. The Hall–Kier alpha value is -0.610. The lowest BCUT2D eigenvalue weighted by Gasteiger charge is -2.29. The summed E-state index contributed by atoms with van der Waals surface area (Å²) < 4.78 is 0. The Morgan fingerprint density at radius 3 is 2.65 bits per heavy atom. The van der Waals surface area contributed by atoms with Crippen molar-refractivity contribution < 1.29 is 4.79 Å². The molecule has 0 spiro atoms. The van der Waals surface area contributed by atoms with Gasteiger partial charge in [-0.1, -0.05) is 13.8 Å². The summed E-state index contributed by atoms with van der Waals surface area (Å²) in [6.07, 6.45) is 1.18. The molecule has 17 heavy (non-hydrogen) atoms. The van der Waals surface area contributed by atoms with Gasteiger partial charge in [-0.2, -0.15) is 0 Å². The van der Waals surface area contributed by atoms with Crippen LogP contribution in [0, 0.1) is 11.8 Å². The number of hydrogen-bond donors (Lipinski definition) is 1. The standard InChI is InChI=1S/C13H25N3O/c1-11(2)13(17)16-6-3-12(10-16)9-15-7-4-14-5-8-15/h11-12,14H,3-10H2,1-2H3. The van der Waals surface area contributed by atoms with E-state index in [2.05, 4.69) is 15.1 Å². The Labute approximate surface area is 104 Å². The third-order valence-corrected chi connectivity index (χ3v) is 3.82. The second-order valence-corrected chi connectivity index (χ2v) is 5.64. The van der Waals surface area contributed by atoms with Crippen LogP contribution in [0.1, 0.15) is 20.3 Å². The van der Waals surface area contributed by atoms with Crippen LogP contribution in [0.15, 0.2) is 0 Å². The van der Waals surface area contributed by atoms with Gasteiger partial charge in [0.2, 0.25) is 5.91 Å². The van der Waals surface area contributed by atoms with Gasteiger partial charge in [0.15, 0.2) is 0 Å². The van der Waals surface area contributed by atoms with E-state index in [0.717, 1.165) is 39.3 Å². The first-order chi connectivity index (χ1) is 8.16. The second kappa shape index (κ2) is 5.83. The molecule has 2 heterocycles. The molecule has 4 nitrogen and oxygen atoms in total. The van der Waals surface area contributed by atoms with Crippen LogP contribution in [-0.4, -0.2) is 61.5 Å². The highest BCUT2D eigenvalue weighted by molar-refractivity contribution is 5.78. The summed E-state index contributed by atoms with van der Waals surface area (Å²) in [6, 6.07) is 0. The van der Waals surface area contributed by atoms with Crippen LogP contribution in [0.2, 0.25) is 0 Å². The van der Waals surface area contributed by atoms with Gasteiger partial charge in [-0.25, -0.2) is 0 Å². The maximum Gasteiger partial charge on any atom is 0.225 e. The highest BCUT2D eigenvalue weighted by Crippen LogP contribution is 2.19. The zero-order valence-electron chi connectivity index (χ0n) is 11.1. The number of carbonyl (C=O) groups excluding carboxylic acids is 1. The molecular formula is C13H25N3O. The lowest BCUT2D eigenvalue weighted by atomic mass is 10.1. The molecule has 0 saturated carbocycles. The van der Waals surface area contributed by atoms with Gasteiger partial charge >= 0.3 is 0 Å². The lowest BCUT2D eigenvalue weighted by molar-refractivity contribution is -0.133. The van der Waals surface area contributed by atoms with E-state index in [1.165, 1.54) is 13.0 Å². The van der Waals surface area contributed by atoms with Crippen LogP contribution in [-0.2, 0) is 4.79 Å². The van der Waals surface area contributed by atoms with Crippen molar-refractivity contribution >= 4 is 5.91 Å². The fourth-order valence-electron chi connectivity index (χ4n) is 2.81. The van der Waals surface area contributed by atoms with Gasteiger partial charge in [-0.05, 0) is 12.3 Å². The molecule has 2 aliphatic rings. The monoisotopic (exact) mass is 239 g/mol. The van der Waals surface area contributed by atoms with E-state index in [9.17, 15) is 4.79 Å². The number of piperazine rings is 1. The number of carbonyl (C=O) groups is 1. The molecule has 2 fully saturated rings. The lowest BCUT2D eigenvalue weighted by Crippen LogP contribution is -2.45. The summed E-state index contributed by atoms with van der Waals surface area (Å²) in [4.78, 5) is 16.5. The molecule has 4 heteroatoms. The average Bonchev–Trinajstić information content (AvgIpc) is 2.77. The molecule has 1 atom stereocenters. The van der Waals surface area contributed by atoms with Gasteiger partial charge in [0.05, 0.1) is 0 Å². The SMILES string of the molecule is CC(C)C(=O)N1CCC(CN2CCNCC2)C1. The van der Waals surface area contributed by atoms with Crippen molar-refractivity contribution in [3.63, 3.8) is 0 Å². The van der Waals surface area contributed by atoms with E-state index >= 15 is 0 Å². The average molecular weight is 239 g/mol. The first kappa shape index (κ1) is 12.8. The summed E-state index contributed by atoms with van der Waals surface area (Å²) in [7, 11) is 0. The maximum atomic E-state index is 11.9. The molecule has 1 amide bonds. The van der Waals surface area contributed by atoms with Crippen LogP contribution < -0.4 is 5.32 Å². The molecule has 0 aromatic carbocycles. The van der Waals surface area contributed by atoms with Gasteiger partial charge in [0.1, 0.15) is 0 Å². The molecule has 0 aromatic heterocycles. The van der Waals surface area contributed by atoms with Crippen LogP contribution in [0.25, 0.3) is 0 Å². The normalized spacial score (nSPS) is 26.8. The van der Waals surface area contributed by atoms with Crippen LogP contribution in [0.4, 0.5) is 0 Å². The molecule has 2 rings (SSSR count). The van der Waals surface area contributed by atoms with Crippen LogP contribution in [0.3, 0.4) is 0 Å². The number of rotatable bonds is 3. The number of amides is 1. The Morgan fingerprint density at radius 2 is 2.00 bits per heavy atom. The minimum absolute atomic E-state index is 0.146. The molecule has 0 aromatic rings. The Morgan fingerprint density at radius 1 is 1.29 bits per heavy atom. The van der Waals surface area contributed by atoms with Crippen molar-refractivity contribution in [2.24, 2.45) is 11.8 Å². The largest absolute Gasteiger partial charge is 0.342 e. The van der Waals surface area contributed by atoms with Crippen molar-refractivity contribution in [1.29, 1.82) is 0 Å². The molecule has 0 aliphatic carbocycles. The smallest absolute Gasteiger partial charge is 0.225 e. The van der Waals surface area contributed by atoms with E-state index in [1.807, 2.05) is 13.8 Å².